The van der Waals surface area contributed by atoms with E-state index in [4.69, 9.17) is 29.4 Å². The van der Waals surface area contributed by atoms with Crippen molar-refractivity contribution in [2.45, 2.75) is 111 Å². The number of carboxylic acids is 1. The molecule has 1 rings (SSSR count). The summed E-state index contributed by atoms with van der Waals surface area (Å²) in [6.45, 7) is 12.3. The second-order valence-electron chi connectivity index (χ2n) is 9.95. The molecule has 0 fully saturated rings. The highest BCUT2D eigenvalue weighted by molar-refractivity contribution is 5.75. The number of nitrogens with two attached hydrogens (primary N) is 1. The molecule has 11 nitrogen and oxygen atoms in total. The van der Waals surface area contributed by atoms with Gasteiger partial charge in [0.25, 0.3) is 0 Å². The number of rotatable bonds is 15. The SMILES string of the molecule is CCCC(C)OC(=O)Oc1ccc(C(CC(C)OC(=O)C(C)C)[C@H](N)C(=O)O)cc1OC(=O)OC(C)CCC. The van der Waals surface area contributed by atoms with Crippen LogP contribution in [-0.4, -0.2) is 53.7 Å². The maximum atomic E-state index is 12.5. The number of hydrogen-bond donors (Lipinski definition) is 2. The Bertz CT molecular complexity index is 964. The average Bonchev–Trinajstić information content (AvgIpc) is 2.83. The van der Waals surface area contributed by atoms with Crippen molar-refractivity contribution in [2.24, 2.45) is 11.7 Å². The molecule has 0 spiro atoms. The van der Waals surface area contributed by atoms with Crippen LogP contribution in [0.25, 0.3) is 0 Å². The lowest BCUT2D eigenvalue weighted by atomic mass is 9.87. The normalized spacial score (nSPS) is 14.9. The van der Waals surface area contributed by atoms with Gasteiger partial charge in [-0.1, -0.05) is 46.6 Å². The molecule has 0 saturated heterocycles. The molecular formula is C28H43NO10. The fourth-order valence-corrected chi connectivity index (χ4v) is 3.81. The minimum Gasteiger partial charge on any atom is -0.480 e. The van der Waals surface area contributed by atoms with Gasteiger partial charge in [-0.2, -0.15) is 0 Å². The van der Waals surface area contributed by atoms with Gasteiger partial charge in [-0.3, -0.25) is 9.59 Å². The monoisotopic (exact) mass is 553 g/mol. The number of benzene rings is 1. The Balaban J connectivity index is 3.35. The van der Waals surface area contributed by atoms with Crippen LogP contribution in [-0.2, 0) is 23.8 Å². The van der Waals surface area contributed by atoms with Gasteiger partial charge >= 0.3 is 24.2 Å². The molecule has 5 atom stereocenters. The van der Waals surface area contributed by atoms with Crippen LogP contribution in [0.2, 0.25) is 0 Å². The van der Waals surface area contributed by atoms with Crippen LogP contribution in [0, 0.1) is 5.92 Å². The summed E-state index contributed by atoms with van der Waals surface area (Å²) in [4.78, 5) is 48.7. The van der Waals surface area contributed by atoms with Gasteiger partial charge in [-0.25, -0.2) is 9.59 Å². The molecule has 0 heterocycles. The van der Waals surface area contributed by atoms with E-state index in [9.17, 15) is 24.3 Å². The lowest BCUT2D eigenvalue weighted by Gasteiger charge is -2.26. The number of carbonyl (C=O) groups excluding carboxylic acids is 3. The van der Waals surface area contributed by atoms with E-state index < -0.39 is 48.4 Å². The lowest BCUT2D eigenvalue weighted by molar-refractivity contribution is -0.152. The summed E-state index contributed by atoms with van der Waals surface area (Å²) in [5.41, 5.74) is 6.37. The van der Waals surface area contributed by atoms with Gasteiger partial charge in [0, 0.05) is 5.92 Å². The number of carboxylic acid groups (broad SMARTS) is 1. The highest BCUT2D eigenvalue weighted by Gasteiger charge is 2.30. The Labute approximate surface area is 230 Å². The first-order valence-corrected chi connectivity index (χ1v) is 13.4. The summed E-state index contributed by atoms with van der Waals surface area (Å²) in [6.07, 6.45) is -0.581. The van der Waals surface area contributed by atoms with Crippen molar-refractivity contribution in [3.8, 4) is 11.5 Å². The van der Waals surface area contributed by atoms with Gasteiger partial charge in [0.1, 0.15) is 18.2 Å². The molecule has 0 aromatic heterocycles. The van der Waals surface area contributed by atoms with Crippen molar-refractivity contribution in [2.75, 3.05) is 0 Å². The van der Waals surface area contributed by atoms with E-state index in [0.717, 1.165) is 12.8 Å². The average molecular weight is 554 g/mol. The van der Waals surface area contributed by atoms with Crippen molar-refractivity contribution >= 4 is 24.2 Å². The Kier molecular flexibility index (Phi) is 14.3. The molecule has 1 aromatic rings. The Hall–Kier alpha value is -3.34. The van der Waals surface area contributed by atoms with E-state index in [-0.39, 0.29) is 29.9 Å². The molecule has 0 aliphatic carbocycles. The fourth-order valence-electron chi connectivity index (χ4n) is 3.81. The number of ether oxygens (including phenoxy) is 5. The number of esters is 1. The fraction of sp³-hybridized carbons (Fsp3) is 0.643. The molecule has 0 aliphatic heterocycles. The third-order valence-corrected chi connectivity index (χ3v) is 5.86. The van der Waals surface area contributed by atoms with Gasteiger partial charge in [0.15, 0.2) is 11.5 Å². The van der Waals surface area contributed by atoms with E-state index in [1.165, 1.54) is 18.2 Å². The van der Waals surface area contributed by atoms with Crippen molar-refractivity contribution in [1.82, 2.24) is 0 Å². The van der Waals surface area contributed by atoms with E-state index in [1.54, 1.807) is 34.6 Å². The molecule has 220 valence electrons. The van der Waals surface area contributed by atoms with Crippen LogP contribution in [0.15, 0.2) is 18.2 Å². The van der Waals surface area contributed by atoms with E-state index in [2.05, 4.69) is 0 Å². The second-order valence-corrected chi connectivity index (χ2v) is 9.95. The zero-order valence-electron chi connectivity index (χ0n) is 23.9. The maximum absolute atomic E-state index is 12.5. The Morgan fingerprint density at radius 3 is 1.77 bits per heavy atom. The van der Waals surface area contributed by atoms with Gasteiger partial charge < -0.3 is 34.5 Å². The molecule has 0 bridgehead atoms. The van der Waals surface area contributed by atoms with Crippen LogP contribution < -0.4 is 15.2 Å². The van der Waals surface area contributed by atoms with Gasteiger partial charge in [-0.15, -0.1) is 0 Å². The zero-order chi connectivity index (χ0) is 29.7. The first-order chi connectivity index (χ1) is 18.3. The molecule has 0 saturated carbocycles. The smallest absolute Gasteiger partial charge is 0.480 e. The number of carbonyl (C=O) groups is 4. The summed E-state index contributed by atoms with van der Waals surface area (Å²) in [6, 6.07) is 2.83. The predicted molar refractivity (Wildman–Crippen MR) is 143 cm³/mol. The number of aliphatic carboxylic acids is 1. The molecular weight excluding hydrogens is 510 g/mol. The third-order valence-electron chi connectivity index (χ3n) is 5.86. The van der Waals surface area contributed by atoms with Crippen molar-refractivity contribution in [1.29, 1.82) is 0 Å². The highest BCUT2D eigenvalue weighted by Crippen LogP contribution is 2.35. The largest absolute Gasteiger partial charge is 0.514 e. The maximum Gasteiger partial charge on any atom is 0.514 e. The lowest BCUT2D eigenvalue weighted by Crippen LogP contribution is -2.38. The summed E-state index contributed by atoms with van der Waals surface area (Å²) in [7, 11) is 0. The summed E-state index contributed by atoms with van der Waals surface area (Å²) < 4.78 is 26.6. The third kappa shape index (κ3) is 11.9. The zero-order valence-corrected chi connectivity index (χ0v) is 23.9. The first kappa shape index (κ1) is 33.7. The molecule has 11 heteroatoms. The van der Waals surface area contributed by atoms with Gasteiger partial charge in [0.2, 0.25) is 0 Å². The van der Waals surface area contributed by atoms with E-state index >= 15 is 0 Å². The van der Waals surface area contributed by atoms with Crippen molar-refractivity contribution in [3.63, 3.8) is 0 Å². The first-order valence-electron chi connectivity index (χ1n) is 13.4. The second kappa shape index (κ2) is 16.6. The summed E-state index contributed by atoms with van der Waals surface area (Å²) in [5, 5.41) is 9.64. The van der Waals surface area contributed by atoms with E-state index in [1.807, 2.05) is 13.8 Å². The Morgan fingerprint density at radius 1 is 0.795 bits per heavy atom. The molecule has 0 radical (unpaired) electrons. The van der Waals surface area contributed by atoms with Crippen molar-refractivity contribution in [3.05, 3.63) is 23.8 Å². The number of hydrogen-bond acceptors (Lipinski definition) is 10. The molecule has 0 aliphatic rings. The van der Waals surface area contributed by atoms with Crippen LogP contribution in [0.4, 0.5) is 9.59 Å². The molecule has 1 aromatic carbocycles. The van der Waals surface area contributed by atoms with Crippen molar-refractivity contribution < 1.29 is 48.0 Å². The van der Waals surface area contributed by atoms with Crippen LogP contribution in [0.5, 0.6) is 11.5 Å². The topological polar surface area (TPSA) is 161 Å². The van der Waals surface area contributed by atoms with Crippen LogP contribution in [0.1, 0.15) is 92.1 Å². The van der Waals surface area contributed by atoms with Crippen LogP contribution >= 0.6 is 0 Å². The minimum atomic E-state index is -1.37. The summed E-state index contributed by atoms with van der Waals surface area (Å²) in [5.74, 6) is -3.23. The van der Waals surface area contributed by atoms with E-state index in [0.29, 0.717) is 18.4 Å². The molecule has 0 amide bonds. The molecule has 39 heavy (non-hydrogen) atoms. The predicted octanol–water partition coefficient (Wildman–Crippen LogP) is 5.57. The summed E-state index contributed by atoms with van der Waals surface area (Å²) >= 11 is 0. The van der Waals surface area contributed by atoms with Gasteiger partial charge in [-0.05, 0) is 57.7 Å². The minimum absolute atomic E-state index is 0.0696. The molecule has 3 N–H and O–H groups in total. The molecule has 4 unspecified atom stereocenters. The Morgan fingerprint density at radius 2 is 1.31 bits per heavy atom. The van der Waals surface area contributed by atoms with Crippen LogP contribution in [0.3, 0.4) is 0 Å². The standard InChI is InChI=1S/C28H43NO10/c1-8-10-17(5)36-27(33)38-22-13-12-20(15-23(22)39-28(34)37-18(6)11-9-2)21(24(29)25(30)31)14-19(7)35-26(32)16(3)4/h12-13,15-19,21,24H,8-11,14,29H2,1-7H3,(H,30,31)/t17?,18?,19?,21?,24-/m0/s1. The highest BCUT2D eigenvalue weighted by atomic mass is 16.7. The quantitative estimate of drug-likeness (QED) is 0.159. The van der Waals surface area contributed by atoms with Gasteiger partial charge in [0.05, 0.1) is 12.0 Å².